The van der Waals surface area contributed by atoms with Crippen molar-refractivity contribution < 1.29 is 27.1 Å². The Bertz CT molecular complexity index is 785. The first-order valence-corrected chi connectivity index (χ1v) is 10.3. The number of benzene rings is 1. The molecule has 156 valence electrons. The summed E-state index contributed by atoms with van der Waals surface area (Å²) in [4.78, 5) is 25.5. The van der Waals surface area contributed by atoms with Crippen LogP contribution in [0.25, 0.3) is 0 Å². The molecule has 1 fully saturated rings. The maximum Gasteiger partial charge on any atom is 0.309 e. The molecular weight excluding hydrogens is 391 g/mol. The minimum Gasteiger partial charge on any atom is -0.360 e. The number of sulfonamides is 1. The van der Waals surface area contributed by atoms with Crippen molar-refractivity contribution in [3.8, 4) is 0 Å². The van der Waals surface area contributed by atoms with Crippen LogP contribution < -0.4 is 10.6 Å². The molecule has 1 heterocycles. The molecule has 1 aliphatic heterocycles. The Balaban J connectivity index is 1.98. The zero-order chi connectivity index (χ0) is 20.7. The summed E-state index contributed by atoms with van der Waals surface area (Å²) in [5, 5.41) is 4.87. The van der Waals surface area contributed by atoms with Gasteiger partial charge < -0.3 is 20.3 Å². The standard InChI is InChI=1S/C17H25FN4O5S/c1-21(2)10-8-19-16(23)17(24)20-12-15-22(9-3-11-27-15)28(25,26)14-6-4-13(18)5-7-14/h4-7,15H,3,8-12H2,1-2H3,(H,19,23)(H,20,24)/t15-/m0/s1. The molecule has 1 saturated heterocycles. The number of amides is 2. The maximum atomic E-state index is 13.1. The summed E-state index contributed by atoms with van der Waals surface area (Å²) in [5.41, 5.74) is 0. The first kappa shape index (κ1) is 22.2. The molecule has 0 aliphatic carbocycles. The molecule has 2 N–H and O–H groups in total. The summed E-state index contributed by atoms with van der Waals surface area (Å²) in [6.07, 6.45) is -0.474. The number of hydrogen-bond acceptors (Lipinski definition) is 6. The van der Waals surface area contributed by atoms with E-state index in [1.54, 1.807) is 0 Å². The van der Waals surface area contributed by atoms with E-state index in [0.717, 1.165) is 16.4 Å². The van der Waals surface area contributed by atoms with Gasteiger partial charge in [-0.15, -0.1) is 0 Å². The van der Waals surface area contributed by atoms with E-state index in [-0.39, 0.29) is 18.0 Å². The van der Waals surface area contributed by atoms with Gasteiger partial charge >= 0.3 is 11.8 Å². The van der Waals surface area contributed by atoms with E-state index in [0.29, 0.717) is 26.1 Å². The molecule has 0 radical (unpaired) electrons. The van der Waals surface area contributed by atoms with Crippen molar-refractivity contribution in [2.45, 2.75) is 17.5 Å². The Labute approximate surface area is 163 Å². The smallest absolute Gasteiger partial charge is 0.309 e. The lowest BCUT2D eigenvalue weighted by atomic mass is 10.3. The highest BCUT2D eigenvalue weighted by Crippen LogP contribution is 2.22. The minimum atomic E-state index is -3.94. The van der Waals surface area contributed by atoms with Gasteiger partial charge in [0.15, 0.2) is 0 Å². The number of carbonyl (C=O) groups excluding carboxylic acids is 2. The average molecular weight is 416 g/mol. The zero-order valence-electron chi connectivity index (χ0n) is 15.9. The maximum absolute atomic E-state index is 13.1. The lowest BCUT2D eigenvalue weighted by molar-refractivity contribution is -0.140. The van der Waals surface area contributed by atoms with Crippen LogP contribution >= 0.6 is 0 Å². The fourth-order valence-electron chi connectivity index (χ4n) is 2.58. The molecule has 9 nitrogen and oxygen atoms in total. The lowest BCUT2D eigenvalue weighted by Crippen LogP contribution is -2.53. The third kappa shape index (κ3) is 5.96. The van der Waals surface area contributed by atoms with Crippen molar-refractivity contribution in [3.63, 3.8) is 0 Å². The van der Waals surface area contributed by atoms with Gasteiger partial charge in [0, 0.05) is 19.6 Å². The van der Waals surface area contributed by atoms with Gasteiger partial charge in [-0.25, -0.2) is 12.8 Å². The summed E-state index contributed by atoms with van der Waals surface area (Å²) in [5.74, 6) is -2.21. The van der Waals surface area contributed by atoms with Crippen LogP contribution in [0.2, 0.25) is 0 Å². The monoisotopic (exact) mass is 416 g/mol. The fraction of sp³-hybridized carbons (Fsp3) is 0.529. The Morgan fingerprint density at radius 1 is 1.21 bits per heavy atom. The quantitative estimate of drug-likeness (QED) is 0.573. The molecule has 0 bridgehead atoms. The van der Waals surface area contributed by atoms with E-state index in [1.807, 2.05) is 19.0 Å². The fourth-order valence-corrected chi connectivity index (χ4v) is 4.14. The number of nitrogens with zero attached hydrogens (tertiary/aromatic N) is 2. The highest BCUT2D eigenvalue weighted by Gasteiger charge is 2.34. The Kier molecular flexibility index (Phi) is 7.87. The Hall–Kier alpha value is -2.08. The second kappa shape index (κ2) is 9.92. The van der Waals surface area contributed by atoms with E-state index in [2.05, 4.69) is 10.6 Å². The molecule has 1 aromatic rings. The Morgan fingerprint density at radius 2 is 1.86 bits per heavy atom. The van der Waals surface area contributed by atoms with Crippen LogP contribution in [0.1, 0.15) is 6.42 Å². The minimum absolute atomic E-state index is 0.0721. The second-order valence-corrected chi connectivity index (χ2v) is 8.41. The van der Waals surface area contributed by atoms with Gasteiger partial charge in [0.2, 0.25) is 10.0 Å². The molecule has 1 aliphatic rings. The molecule has 11 heteroatoms. The van der Waals surface area contributed by atoms with Gasteiger partial charge in [0.05, 0.1) is 18.0 Å². The van der Waals surface area contributed by atoms with Gasteiger partial charge in [-0.1, -0.05) is 0 Å². The molecule has 2 amide bonds. The molecule has 0 unspecified atom stereocenters. The summed E-state index contributed by atoms with van der Waals surface area (Å²) >= 11 is 0. The molecule has 1 aromatic carbocycles. The van der Waals surface area contributed by atoms with Crippen molar-refractivity contribution in [1.82, 2.24) is 19.8 Å². The van der Waals surface area contributed by atoms with Gasteiger partial charge in [-0.05, 0) is 44.8 Å². The molecular formula is C17H25FN4O5S. The highest BCUT2D eigenvalue weighted by atomic mass is 32.2. The van der Waals surface area contributed by atoms with E-state index < -0.39 is 33.9 Å². The first-order chi connectivity index (χ1) is 13.2. The van der Waals surface area contributed by atoms with Gasteiger partial charge in [0.1, 0.15) is 12.0 Å². The van der Waals surface area contributed by atoms with Crippen LogP contribution in [-0.4, -0.2) is 82.5 Å². The Morgan fingerprint density at radius 3 is 2.50 bits per heavy atom. The van der Waals surface area contributed by atoms with E-state index in [9.17, 15) is 22.4 Å². The van der Waals surface area contributed by atoms with Crippen molar-refractivity contribution in [1.29, 1.82) is 0 Å². The predicted molar refractivity (Wildman–Crippen MR) is 99.2 cm³/mol. The number of hydrogen-bond donors (Lipinski definition) is 2. The average Bonchev–Trinajstić information content (AvgIpc) is 2.66. The normalized spacial score (nSPS) is 18.1. The van der Waals surface area contributed by atoms with Crippen molar-refractivity contribution in [2.24, 2.45) is 0 Å². The van der Waals surface area contributed by atoms with E-state index in [1.165, 1.54) is 12.1 Å². The van der Waals surface area contributed by atoms with Crippen LogP contribution in [0.3, 0.4) is 0 Å². The third-order valence-electron chi connectivity index (χ3n) is 4.06. The van der Waals surface area contributed by atoms with Gasteiger partial charge in [0.25, 0.3) is 0 Å². The summed E-state index contributed by atoms with van der Waals surface area (Å²) in [6, 6.07) is 4.47. The molecule has 0 aromatic heterocycles. The number of ether oxygens (including phenoxy) is 1. The predicted octanol–water partition coefficient (Wildman–Crippen LogP) is -0.643. The molecule has 0 saturated carbocycles. The lowest BCUT2D eigenvalue weighted by Gasteiger charge is -2.34. The largest absolute Gasteiger partial charge is 0.360 e. The third-order valence-corrected chi connectivity index (χ3v) is 5.97. The summed E-state index contributed by atoms with van der Waals surface area (Å²) in [6.45, 7) is 1.22. The van der Waals surface area contributed by atoms with Crippen LogP contribution in [0.5, 0.6) is 0 Å². The van der Waals surface area contributed by atoms with E-state index >= 15 is 0 Å². The van der Waals surface area contributed by atoms with Gasteiger partial charge in [-0.3, -0.25) is 9.59 Å². The first-order valence-electron chi connectivity index (χ1n) is 8.81. The topological polar surface area (TPSA) is 108 Å². The van der Waals surface area contributed by atoms with E-state index in [4.69, 9.17) is 4.74 Å². The molecule has 1 atom stereocenters. The number of carbonyl (C=O) groups is 2. The number of rotatable bonds is 7. The van der Waals surface area contributed by atoms with Crippen molar-refractivity contribution in [2.75, 3.05) is 46.9 Å². The summed E-state index contributed by atoms with van der Waals surface area (Å²) < 4.78 is 45.3. The number of likely N-dealkylation sites (N-methyl/N-ethyl adjacent to an activating group) is 1. The highest BCUT2D eigenvalue weighted by molar-refractivity contribution is 7.89. The van der Waals surface area contributed by atoms with Crippen molar-refractivity contribution in [3.05, 3.63) is 30.1 Å². The zero-order valence-corrected chi connectivity index (χ0v) is 16.7. The molecule has 0 spiro atoms. The molecule has 28 heavy (non-hydrogen) atoms. The summed E-state index contributed by atoms with van der Waals surface area (Å²) in [7, 11) is -0.263. The second-order valence-electron chi connectivity index (χ2n) is 6.52. The SMILES string of the molecule is CN(C)CCNC(=O)C(=O)NC[C@@H]1OCCCN1S(=O)(=O)c1ccc(F)cc1. The number of halogens is 1. The van der Waals surface area contributed by atoms with Crippen molar-refractivity contribution >= 4 is 21.8 Å². The van der Waals surface area contributed by atoms with Crippen LogP contribution in [0.15, 0.2) is 29.2 Å². The van der Waals surface area contributed by atoms with Crippen LogP contribution in [0.4, 0.5) is 4.39 Å². The molecule has 2 rings (SSSR count). The van der Waals surface area contributed by atoms with Crippen LogP contribution in [0, 0.1) is 5.82 Å². The van der Waals surface area contributed by atoms with Gasteiger partial charge in [-0.2, -0.15) is 4.31 Å². The van der Waals surface area contributed by atoms with Crippen LogP contribution in [-0.2, 0) is 24.3 Å². The number of nitrogens with one attached hydrogen (secondary N) is 2.